The topological polar surface area (TPSA) is 20.5 Å². The Bertz CT molecular complexity index is 471. The molecule has 0 aliphatic heterocycles. The molecule has 0 amide bonds. The van der Waals surface area contributed by atoms with Crippen LogP contribution in [0.15, 0.2) is 11.6 Å². The Morgan fingerprint density at radius 3 is 2.65 bits per heavy atom. The fourth-order valence-electron chi connectivity index (χ4n) is 2.06. The summed E-state index contributed by atoms with van der Waals surface area (Å²) in [6, 6.07) is 0. The van der Waals surface area contributed by atoms with E-state index in [1.54, 1.807) is 11.3 Å². The number of imidazole rings is 1. The average Bonchev–Trinajstić information content (AvgIpc) is 2.87. The van der Waals surface area contributed by atoms with E-state index in [-0.39, 0.29) is 0 Å². The Morgan fingerprint density at radius 1 is 1.35 bits per heavy atom. The molecule has 0 saturated heterocycles. The van der Waals surface area contributed by atoms with Gasteiger partial charge in [0, 0.05) is 24.7 Å². The van der Waals surface area contributed by atoms with E-state index in [4.69, 9.17) is 16.6 Å². The minimum absolute atomic E-state index is 0.511. The van der Waals surface area contributed by atoms with Gasteiger partial charge >= 0.3 is 0 Å². The summed E-state index contributed by atoms with van der Waals surface area (Å²) in [5.41, 5.74) is 1.12. The maximum Gasteiger partial charge on any atom is 0.195 e. The van der Waals surface area contributed by atoms with E-state index in [2.05, 4.69) is 23.1 Å². The zero-order valence-corrected chi connectivity index (χ0v) is 11.9. The van der Waals surface area contributed by atoms with Gasteiger partial charge in [0.05, 0.1) is 11.6 Å². The second-order valence-electron chi connectivity index (χ2n) is 4.06. The van der Waals surface area contributed by atoms with E-state index in [1.165, 1.54) is 0 Å². The van der Waals surface area contributed by atoms with E-state index in [0.29, 0.717) is 5.88 Å². The lowest BCUT2D eigenvalue weighted by Crippen LogP contribution is -2.26. The Balaban J connectivity index is 2.40. The smallest absolute Gasteiger partial charge is 0.195 e. The highest BCUT2D eigenvalue weighted by atomic mass is 35.5. The molecule has 2 heterocycles. The number of aromatic nitrogens is 2. The maximum atomic E-state index is 6.07. The first kappa shape index (κ1) is 12.7. The Kier molecular flexibility index (Phi) is 4.29. The van der Waals surface area contributed by atoms with Crippen molar-refractivity contribution in [2.75, 3.05) is 18.0 Å². The summed E-state index contributed by atoms with van der Waals surface area (Å²) in [6.45, 7) is 6.48. The maximum absolute atomic E-state index is 6.07. The van der Waals surface area contributed by atoms with Crippen LogP contribution in [0.25, 0.3) is 4.96 Å². The molecule has 17 heavy (non-hydrogen) atoms. The van der Waals surface area contributed by atoms with Gasteiger partial charge < -0.3 is 4.90 Å². The number of rotatable bonds is 6. The van der Waals surface area contributed by atoms with E-state index in [1.807, 2.05) is 11.6 Å². The molecule has 0 N–H and O–H groups in total. The summed E-state index contributed by atoms with van der Waals surface area (Å²) in [4.78, 5) is 8.08. The SMILES string of the molecule is CCCN(CCC)c1nc2sccn2c1CCl. The molecule has 0 aliphatic carbocycles. The molecule has 0 aromatic carbocycles. The predicted molar refractivity (Wildman–Crippen MR) is 75.4 cm³/mol. The van der Waals surface area contributed by atoms with Gasteiger partial charge in [0.2, 0.25) is 0 Å². The lowest BCUT2D eigenvalue weighted by Gasteiger charge is -2.22. The largest absolute Gasteiger partial charge is 0.355 e. The van der Waals surface area contributed by atoms with Gasteiger partial charge in [-0.15, -0.1) is 22.9 Å². The molecule has 0 unspecified atom stereocenters. The molecule has 0 spiro atoms. The standard InChI is InChI=1S/C12H18ClN3S/c1-3-5-15(6-4-2)11-10(9-13)16-7-8-17-12(16)14-11/h7-8H,3-6,9H2,1-2H3. The molecule has 0 saturated carbocycles. The fourth-order valence-corrected chi connectivity index (χ4v) is 3.04. The quantitative estimate of drug-likeness (QED) is 0.746. The average molecular weight is 272 g/mol. The Labute approximate surface area is 111 Å². The van der Waals surface area contributed by atoms with Gasteiger partial charge in [-0.1, -0.05) is 13.8 Å². The summed E-state index contributed by atoms with van der Waals surface area (Å²) in [6.07, 6.45) is 4.31. The zero-order chi connectivity index (χ0) is 12.3. The fraction of sp³-hybridized carbons (Fsp3) is 0.583. The highest BCUT2D eigenvalue weighted by Gasteiger charge is 2.17. The number of thiazole rings is 1. The number of nitrogens with zero attached hydrogens (tertiary/aromatic N) is 3. The first-order valence-electron chi connectivity index (χ1n) is 6.07. The van der Waals surface area contributed by atoms with Crippen molar-refractivity contribution < 1.29 is 0 Å². The number of alkyl halides is 1. The molecule has 2 rings (SSSR count). The van der Waals surface area contributed by atoms with Gasteiger partial charge in [-0.2, -0.15) is 0 Å². The second-order valence-corrected chi connectivity index (χ2v) is 5.20. The monoisotopic (exact) mass is 271 g/mol. The van der Waals surface area contributed by atoms with E-state index in [9.17, 15) is 0 Å². The minimum atomic E-state index is 0.511. The molecule has 0 radical (unpaired) electrons. The van der Waals surface area contributed by atoms with Crippen molar-refractivity contribution in [1.82, 2.24) is 9.38 Å². The predicted octanol–water partition coefficient (Wildman–Crippen LogP) is 3.76. The Morgan fingerprint density at radius 2 is 2.06 bits per heavy atom. The van der Waals surface area contributed by atoms with Gasteiger partial charge in [0.25, 0.3) is 0 Å². The first-order valence-corrected chi connectivity index (χ1v) is 7.48. The number of hydrogen-bond acceptors (Lipinski definition) is 3. The van der Waals surface area contributed by atoms with Crippen molar-refractivity contribution in [3.63, 3.8) is 0 Å². The summed E-state index contributed by atoms with van der Waals surface area (Å²) in [5.74, 6) is 1.58. The summed E-state index contributed by atoms with van der Waals surface area (Å²) >= 11 is 7.73. The highest BCUT2D eigenvalue weighted by Crippen LogP contribution is 2.26. The number of hydrogen-bond donors (Lipinski definition) is 0. The third-order valence-electron chi connectivity index (χ3n) is 2.75. The van der Waals surface area contributed by atoms with Crippen LogP contribution >= 0.6 is 22.9 Å². The van der Waals surface area contributed by atoms with Crippen molar-refractivity contribution >= 4 is 33.7 Å². The molecular formula is C12H18ClN3S. The van der Waals surface area contributed by atoms with Gasteiger partial charge in [0.15, 0.2) is 10.8 Å². The van der Waals surface area contributed by atoms with Crippen LogP contribution < -0.4 is 4.90 Å². The second kappa shape index (κ2) is 5.74. The van der Waals surface area contributed by atoms with Gasteiger partial charge in [0.1, 0.15) is 0 Å². The van der Waals surface area contributed by atoms with Crippen molar-refractivity contribution in [3.8, 4) is 0 Å². The van der Waals surface area contributed by atoms with Crippen LogP contribution in [-0.4, -0.2) is 22.5 Å². The molecule has 3 nitrogen and oxygen atoms in total. The van der Waals surface area contributed by atoms with E-state index < -0.39 is 0 Å². The van der Waals surface area contributed by atoms with Crippen molar-refractivity contribution in [2.45, 2.75) is 32.6 Å². The van der Waals surface area contributed by atoms with Crippen molar-refractivity contribution in [3.05, 3.63) is 17.3 Å². The first-order chi connectivity index (χ1) is 8.31. The lowest BCUT2D eigenvalue weighted by atomic mass is 10.3. The summed E-state index contributed by atoms with van der Waals surface area (Å²) in [7, 11) is 0. The zero-order valence-electron chi connectivity index (χ0n) is 10.3. The van der Waals surface area contributed by atoms with Crippen LogP contribution in [0.5, 0.6) is 0 Å². The molecule has 94 valence electrons. The van der Waals surface area contributed by atoms with Crippen LogP contribution in [0.1, 0.15) is 32.4 Å². The Hall–Kier alpha value is -0.740. The number of halogens is 1. The molecule has 0 aliphatic rings. The van der Waals surface area contributed by atoms with Gasteiger partial charge in [-0.3, -0.25) is 4.40 Å². The molecule has 0 bridgehead atoms. The van der Waals surface area contributed by atoms with Crippen LogP contribution in [0, 0.1) is 0 Å². The van der Waals surface area contributed by atoms with Crippen LogP contribution in [-0.2, 0) is 5.88 Å². The third-order valence-corrected chi connectivity index (χ3v) is 3.76. The minimum Gasteiger partial charge on any atom is -0.355 e. The van der Waals surface area contributed by atoms with Gasteiger partial charge in [-0.05, 0) is 12.8 Å². The highest BCUT2D eigenvalue weighted by molar-refractivity contribution is 7.15. The third kappa shape index (κ3) is 2.43. The normalized spacial score (nSPS) is 11.2. The molecule has 0 fully saturated rings. The van der Waals surface area contributed by atoms with Crippen LogP contribution in [0.4, 0.5) is 5.82 Å². The summed E-state index contributed by atoms with van der Waals surface area (Å²) < 4.78 is 2.10. The molecule has 0 atom stereocenters. The summed E-state index contributed by atoms with van der Waals surface area (Å²) in [5, 5.41) is 2.05. The van der Waals surface area contributed by atoms with E-state index in [0.717, 1.165) is 42.4 Å². The molecule has 2 aromatic rings. The number of fused-ring (bicyclic) bond motifs is 1. The number of anilines is 1. The van der Waals surface area contributed by atoms with E-state index >= 15 is 0 Å². The van der Waals surface area contributed by atoms with Crippen LogP contribution in [0.3, 0.4) is 0 Å². The molecule has 2 aromatic heterocycles. The van der Waals surface area contributed by atoms with Crippen molar-refractivity contribution in [1.29, 1.82) is 0 Å². The molecule has 5 heteroatoms. The molecular weight excluding hydrogens is 254 g/mol. The van der Waals surface area contributed by atoms with Crippen LogP contribution in [0.2, 0.25) is 0 Å². The lowest BCUT2D eigenvalue weighted by molar-refractivity contribution is 0.733. The van der Waals surface area contributed by atoms with Crippen molar-refractivity contribution in [2.24, 2.45) is 0 Å². The van der Waals surface area contributed by atoms with Gasteiger partial charge in [-0.25, -0.2) is 4.98 Å².